The number of halogens is 1. The van der Waals surface area contributed by atoms with Gasteiger partial charge in [0.1, 0.15) is 11.7 Å². The van der Waals surface area contributed by atoms with Crippen LogP contribution in [0.3, 0.4) is 0 Å². The van der Waals surface area contributed by atoms with E-state index in [-0.39, 0.29) is 6.42 Å². The standard InChI is InChI=1S/C15H22FNO2/c1-4-19-14(18)13(10-15(2,3)16)17-11-12-8-6-5-7-9-12/h5-9,13,17H,4,10-11H2,1-3H3/t13-/m0/s1. The topological polar surface area (TPSA) is 38.3 Å². The van der Waals surface area contributed by atoms with Gasteiger partial charge in [0.2, 0.25) is 0 Å². The number of carbonyl (C=O) groups excluding carboxylic acids is 1. The molecule has 3 nitrogen and oxygen atoms in total. The van der Waals surface area contributed by atoms with E-state index in [1.54, 1.807) is 6.92 Å². The van der Waals surface area contributed by atoms with Crippen LogP contribution < -0.4 is 5.32 Å². The number of alkyl halides is 1. The Labute approximate surface area is 114 Å². The van der Waals surface area contributed by atoms with Gasteiger partial charge in [0.05, 0.1) is 6.61 Å². The first-order valence-electron chi connectivity index (χ1n) is 6.55. The van der Waals surface area contributed by atoms with Crippen molar-refractivity contribution in [2.45, 2.75) is 45.4 Å². The molecule has 1 N–H and O–H groups in total. The minimum absolute atomic E-state index is 0.0959. The first-order chi connectivity index (χ1) is 8.92. The van der Waals surface area contributed by atoms with Gasteiger partial charge >= 0.3 is 5.97 Å². The molecular weight excluding hydrogens is 245 g/mol. The maximum Gasteiger partial charge on any atom is 0.323 e. The highest BCUT2D eigenvalue weighted by Crippen LogP contribution is 2.17. The van der Waals surface area contributed by atoms with E-state index in [9.17, 15) is 9.18 Å². The SMILES string of the molecule is CCOC(=O)[C@H](CC(C)(C)F)NCc1ccccc1. The maximum atomic E-state index is 13.7. The van der Waals surface area contributed by atoms with Crippen LogP contribution in [0.5, 0.6) is 0 Å². The summed E-state index contributed by atoms with van der Waals surface area (Å²) in [6.45, 7) is 5.48. The van der Waals surface area contributed by atoms with Gasteiger partial charge in [-0.3, -0.25) is 4.79 Å². The molecule has 0 bridgehead atoms. The molecular formula is C15H22FNO2. The summed E-state index contributed by atoms with van der Waals surface area (Å²) in [6.07, 6.45) is 0.0959. The lowest BCUT2D eigenvalue weighted by Crippen LogP contribution is -2.41. The molecule has 1 aromatic rings. The molecule has 0 fully saturated rings. The fourth-order valence-corrected chi connectivity index (χ4v) is 1.80. The molecule has 0 aromatic heterocycles. The first-order valence-corrected chi connectivity index (χ1v) is 6.55. The van der Waals surface area contributed by atoms with E-state index in [2.05, 4.69) is 5.32 Å². The predicted molar refractivity (Wildman–Crippen MR) is 73.5 cm³/mol. The molecule has 0 aliphatic carbocycles. The number of esters is 1. The number of rotatable bonds is 7. The molecule has 0 aliphatic rings. The molecule has 0 saturated heterocycles. The van der Waals surface area contributed by atoms with Crippen LogP contribution in [0, 0.1) is 0 Å². The zero-order valence-electron chi connectivity index (χ0n) is 11.8. The van der Waals surface area contributed by atoms with E-state index in [0.29, 0.717) is 13.2 Å². The van der Waals surface area contributed by atoms with Crippen LogP contribution >= 0.6 is 0 Å². The average Bonchev–Trinajstić information content (AvgIpc) is 2.34. The highest BCUT2D eigenvalue weighted by molar-refractivity contribution is 5.75. The second-order valence-corrected chi connectivity index (χ2v) is 5.09. The lowest BCUT2D eigenvalue weighted by atomic mass is 10.0. The van der Waals surface area contributed by atoms with Crippen molar-refractivity contribution in [2.75, 3.05) is 6.61 Å². The van der Waals surface area contributed by atoms with Crippen LogP contribution in [0.1, 0.15) is 32.8 Å². The molecule has 19 heavy (non-hydrogen) atoms. The molecule has 1 atom stereocenters. The summed E-state index contributed by atoms with van der Waals surface area (Å²) in [7, 11) is 0. The van der Waals surface area contributed by atoms with Crippen molar-refractivity contribution in [3.63, 3.8) is 0 Å². The Hall–Kier alpha value is -1.42. The van der Waals surface area contributed by atoms with Gasteiger partial charge in [-0.1, -0.05) is 30.3 Å². The summed E-state index contributed by atoms with van der Waals surface area (Å²) in [5, 5.41) is 3.06. The Balaban J connectivity index is 2.61. The summed E-state index contributed by atoms with van der Waals surface area (Å²) >= 11 is 0. The van der Waals surface area contributed by atoms with Gasteiger partial charge in [-0.25, -0.2) is 4.39 Å². The third kappa shape index (κ3) is 6.34. The number of nitrogens with one attached hydrogen (secondary N) is 1. The molecule has 106 valence electrons. The van der Waals surface area contributed by atoms with Gasteiger partial charge in [0, 0.05) is 13.0 Å². The Morgan fingerprint density at radius 3 is 2.53 bits per heavy atom. The van der Waals surface area contributed by atoms with Crippen molar-refractivity contribution < 1.29 is 13.9 Å². The maximum absolute atomic E-state index is 13.7. The Bertz CT molecular complexity index is 387. The fraction of sp³-hybridized carbons (Fsp3) is 0.533. The van der Waals surface area contributed by atoms with E-state index in [4.69, 9.17) is 4.74 Å². The van der Waals surface area contributed by atoms with Gasteiger partial charge < -0.3 is 10.1 Å². The van der Waals surface area contributed by atoms with Crippen molar-refractivity contribution in [1.29, 1.82) is 0 Å². The molecule has 1 aromatic carbocycles. The number of hydrogen-bond acceptors (Lipinski definition) is 3. The Morgan fingerprint density at radius 2 is 2.00 bits per heavy atom. The minimum Gasteiger partial charge on any atom is -0.465 e. The predicted octanol–water partition coefficient (Wildman–Crippen LogP) is 2.85. The quantitative estimate of drug-likeness (QED) is 0.772. The summed E-state index contributed by atoms with van der Waals surface area (Å²) in [5.41, 5.74) is -0.366. The second-order valence-electron chi connectivity index (χ2n) is 5.09. The number of ether oxygens (including phenoxy) is 1. The molecule has 0 aliphatic heterocycles. The lowest BCUT2D eigenvalue weighted by Gasteiger charge is -2.22. The third-order valence-electron chi connectivity index (χ3n) is 2.66. The molecule has 0 amide bonds. The average molecular weight is 267 g/mol. The largest absolute Gasteiger partial charge is 0.465 e. The number of hydrogen-bond donors (Lipinski definition) is 1. The van der Waals surface area contributed by atoms with Gasteiger partial charge in [-0.2, -0.15) is 0 Å². The van der Waals surface area contributed by atoms with Crippen molar-refractivity contribution in [1.82, 2.24) is 5.32 Å². The van der Waals surface area contributed by atoms with Gasteiger partial charge in [0.25, 0.3) is 0 Å². The summed E-state index contributed by atoms with van der Waals surface area (Å²) in [4.78, 5) is 11.8. The zero-order valence-corrected chi connectivity index (χ0v) is 11.8. The van der Waals surface area contributed by atoms with Gasteiger partial charge in [0.15, 0.2) is 0 Å². The normalized spacial score (nSPS) is 13.1. The number of benzene rings is 1. The lowest BCUT2D eigenvalue weighted by molar-refractivity contribution is -0.146. The van der Waals surface area contributed by atoms with Crippen molar-refractivity contribution >= 4 is 5.97 Å². The Kier molecular flexibility index (Phi) is 5.96. The zero-order chi connectivity index (χ0) is 14.3. The first kappa shape index (κ1) is 15.6. The fourth-order valence-electron chi connectivity index (χ4n) is 1.80. The van der Waals surface area contributed by atoms with Gasteiger partial charge in [-0.15, -0.1) is 0 Å². The van der Waals surface area contributed by atoms with Crippen LogP contribution in [-0.4, -0.2) is 24.3 Å². The molecule has 4 heteroatoms. The molecule has 0 unspecified atom stereocenters. The van der Waals surface area contributed by atoms with E-state index in [0.717, 1.165) is 5.56 Å². The van der Waals surface area contributed by atoms with Gasteiger partial charge in [-0.05, 0) is 26.3 Å². The highest BCUT2D eigenvalue weighted by Gasteiger charge is 2.28. The smallest absolute Gasteiger partial charge is 0.323 e. The van der Waals surface area contributed by atoms with E-state index < -0.39 is 17.7 Å². The third-order valence-corrected chi connectivity index (χ3v) is 2.66. The minimum atomic E-state index is -1.42. The summed E-state index contributed by atoms with van der Waals surface area (Å²) < 4.78 is 18.7. The van der Waals surface area contributed by atoms with Crippen molar-refractivity contribution in [3.8, 4) is 0 Å². The van der Waals surface area contributed by atoms with E-state index in [1.165, 1.54) is 13.8 Å². The summed E-state index contributed by atoms with van der Waals surface area (Å²) in [5.74, 6) is -0.399. The van der Waals surface area contributed by atoms with E-state index >= 15 is 0 Å². The molecule has 1 rings (SSSR count). The number of carbonyl (C=O) groups is 1. The highest BCUT2D eigenvalue weighted by atomic mass is 19.1. The molecule has 0 radical (unpaired) electrons. The van der Waals surface area contributed by atoms with Crippen LogP contribution in [0.25, 0.3) is 0 Å². The van der Waals surface area contributed by atoms with E-state index in [1.807, 2.05) is 30.3 Å². The van der Waals surface area contributed by atoms with Crippen molar-refractivity contribution in [2.24, 2.45) is 0 Å². The molecule has 0 saturated carbocycles. The van der Waals surface area contributed by atoms with Crippen LogP contribution in [0.15, 0.2) is 30.3 Å². The molecule has 0 spiro atoms. The van der Waals surface area contributed by atoms with Crippen LogP contribution in [-0.2, 0) is 16.1 Å². The van der Waals surface area contributed by atoms with Crippen molar-refractivity contribution in [3.05, 3.63) is 35.9 Å². The second kappa shape index (κ2) is 7.24. The van der Waals surface area contributed by atoms with Crippen LogP contribution in [0.4, 0.5) is 4.39 Å². The molecule has 0 heterocycles. The van der Waals surface area contributed by atoms with Crippen LogP contribution in [0.2, 0.25) is 0 Å². The Morgan fingerprint density at radius 1 is 1.37 bits per heavy atom. The monoisotopic (exact) mass is 267 g/mol. The summed E-state index contributed by atoms with van der Waals surface area (Å²) in [6, 6.07) is 9.06.